The third-order valence-corrected chi connectivity index (χ3v) is 8.35. The Morgan fingerprint density at radius 3 is 2.54 bits per heavy atom. The number of anilines is 1. The number of nitrogens with zero attached hydrogens (tertiary/aromatic N) is 3. The number of hydrogen-bond donors (Lipinski definition) is 1. The summed E-state index contributed by atoms with van der Waals surface area (Å²) in [6.07, 6.45) is 1.28. The lowest BCUT2D eigenvalue weighted by molar-refractivity contribution is -0.118. The van der Waals surface area contributed by atoms with Gasteiger partial charge in [-0.3, -0.25) is 4.79 Å². The van der Waals surface area contributed by atoms with Gasteiger partial charge in [0.05, 0.1) is 0 Å². The number of benzene rings is 3. The molecule has 0 amide bonds. The van der Waals surface area contributed by atoms with E-state index in [1.807, 2.05) is 71.4 Å². The average Bonchev–Trinajstić information content (AvgIpc) is 3.33. The highest BCUT2D eigenvalue weighted by atomic mass is 35.5. The number of allylic oxidation sites excluding steroid dienone is 2. The molecule has 1 aliphatic heterocycles. The molecule has 1 atom stereocenters. The number of ether oxygens (including phenoxy) is 1. The molecule has 4 aromatic rings. The average molecular weight is 557 g/mol. The molecular formula is C31H29ClN4O2S. The van der Waals surface area contributed by atoms with Crippen LogP contribution in [0.2, 0.25) is 5.02 Å². The molecule has 0 bridgehead atoms. The lowest BCUT2D eigenvalue weighted by atomic mass is 9.73. The van der Waals surface area contributed by atoms with Gasteiger partial charge in [0.25, 0.3) is 0 Å². The molecule has 6 rings (SSSR count). The zero-order chi connectivity index (χ0) is 27.0. The van der Waals surface area contributed by atoms with Crippen molar-refractivity contribution in [2.45, 2.75) is 50.2 Å². The largest absolute Gasteiger partial charge is 0.489 e. The Hall–Kier alpha value is -3.55. The first kappa shape index (κ1) is 25.7. The molecule has 8 heteroatoms. The van der Waals surface area contributed by atoms with Crippen molar-refractivity contribution in [2.24, 2.45) is 5.41 Å². The molecule has 0 saturated carbocycles. The van der Waals surface area contributed by atoms with Gasteiger partial charge in [-0.1, -0.05) is 97.9 Å². The minimum atomic E-state index is -0.351. The summed E-state index contributed by atoms with van der Waals surface area (Å²) >= 11 is 7.87. The number of Topliss-reactive ketones (excluding diaryl/α,β-unsaturated/α-hetero) is 1. The quantitative estimate of drug-likeness (QED) is 0.238. The number of thioether (sulfide) groups is 1. The standard InChI is InChI=1S/C31H29ClN4O2S/c1-31(2)16-25-27(26(37)17-31)28(21-12-14-23(15-13-21)38-18-22-10-6-7-11-24(22)32)36-29(33-25)34-30(35-36)39-19-20-8-4-3-5-9-20/h3-15,28H,16-19H2,1-2H3,(H,33,34,35). The minimum Gasteiger partial charge on any atom is -0.489 e. The highest BCUT2D eigenvalue weighted by molar-refractivity contribution is 7.98. The molecule has 0 fully saturated rings. The number of halogens is 1. The third-order valence-electron chi connectivity index (χ3n) is 7.07. The first-order valence-corrected chi connectivity index (χ1v) is 14.4. The Balaban J connectivity index is 1.30. The second kappa shape index (κ2) is 10.5. The van der Waals surface area contributed by atoms with Gasteiger partial charge >= 0.3 is 0 Å². The Morgan fingerprint density at radius 1 is 1.03 bits per heavy atom. The maximum absolute atomic E-state index is 13.5. The zero-order valence-corrected chi connectivity index (χ0v) is 23.4. The van der Waals surface area contributed by atoms with Crippen LogP contribution in [0.15, 0.2) is 95.3 Å². The van der Waals surface area contributed by atoms with E-state index in [1.165, 1.54) is 5.56 Å². The fourth-order valence-electron chi connectivity index (χ4n) is 5.20. The fourth-order valence-corrected chi connectivity index (χ4v) is 6.18. The van der Waals surface area contributed by atoms with Crippen molar-refractivity contribution in [3.8, 4) is 5.75 Å². The molecular weight excluding hydrogens is 528 g/mol. The van der Waals surface area contributed by atoms with Crippen LogP contribution in [0.1, 0.15) is 49.4 Å². The fraction of sp³-hybridized carbons (Fsp3) is 0.258. The number of carbonyl (C=O) groups excluding carboxylic acids is 1. The van der Waals surface area contributed by atoms with Crippen LogP contribution < -0.4 is 10.1 Å². The Bertz CT molecular complexity index is 1550. The summed E-state index contributed by atoms with van der Waals surface area (Å²) in [6, 6.07) is 25.5. The lowest BCUT2D eigenvalue weighted by Gasteiger charge is -2.38. The number of nitrogens with one attached hydrogen (secondary N) is 1. The van der Waals surface area contributed by atoms with Crippen LogP contribution in [0.4, 0.5) is 5.95 Å². The summed E-state index contributed by atoms with van der Waals surface area (Å²) < 4.78 is 7.87. The number of aromatic nitrogens is 3. The molecule has 0 spiro atoms. The molecule has 2 heterocycles. The van der Waals surface area contributed by atoms with Gasteiger partial charge < -0.3 is 10.1 Å². The van der Waals surface area contributed by atoms with Gasteiger partial charge in [0.2, 0.25) is 11.1 Å². The number of ketones is 1. The summed E-state index contributed by atoms with van der Waals surface area (Å²) in [4.78, 5) is 18.3. The second-order valence-corrected chi connectivity index (χ2v) is 12.1. The summed E-state index contributed by atoms with van der Waals surface area (Å²) in [5.74, 6) is 2.32. The van der Waals surface area contributed by atoms with E-state index in [4.69, 9.17) is 26.4 Å². The molecule has 1 aromatic heterocycles. The van der Waals surface area contributed by atoms with Gasteiger partial charge in [-0.25, -0.2) is 4.68 Å². The number of fused-ring (bicyclic) bond motifs is 1. The molecule has 39 heavy (non-hydrogen) atoms. The van der Waals surface area contributed by atoms with E-state index in [1.54, 1.807) is 11.8 Å². The molecule has 0 saturated heterocycles. The van der Waals surface area contributed by atoms with E-state index in [-0.39, 0.29) is 17.2 Å². The molecule has 6 nitrogen and oxygen atoms in total. The van der Waals surface area contributed by atoms with E-state index >= 15 is 0 Å². The molecule has 1 unspecified atom stereocenters. The Morgan fingerprint density at radius 2 is 1.77 bits per heavy atom. The van der Waals surface area contributed by atoms with Crippen LogP contribution in [-0.2, 0) is 17.2 Å². The molecule has 1 N–H and O–H groups in total. The molecule has 2 aliphatic rings. The monoisotopic (exact) mass is 556 g/mol. The van der Waals surface area contributed by atoms with Gasteiger partial charge in [-0.2, -0.15) is 4.98 Å². The molecule has 3 aromatic carbocycles. The molecule has 1 aliphatic carbocycles. The van der Waals surface area contributed by atoms with E-state index in [0.717, 1.165) is 40.3 Å². The third kappa shape index (κ3) is 5.47. The lowest BCUT2D eigenvalue weighted by Crippen LogP contribution is -2.36. The van der Waals surface area contributed by atoms with Crippen LogP contribution in [0.25, 0.3) is 0 Å². The van der Waals surface area contributed by atoms with Gasteiger partial charge in [0.15, 0.2) is 5.78 Å². The van der Waals surface area contributed by atoms with Crippen LogP contribution >= 0.6 is 23.4 Å². The van der Waals surface area contributed by atoms with E-state index in [0.29, 0.717) is 29.2 Å². The van der Waals surface area contributed by atoms with Crippen LogP contribution in [0, 0.1) is 5.41 Å². The SMILES string of the molecule is CC1(C)CC(=O)C2=C(C1)Nc1nc(SCc3ccccc3)nn1C2c1ccc(OCc2ccccc2Cl)cc1. The predicted molar refractivity (Wildman–Crippen MR) is 155 cm³/mol. The van der Waals surface area contributed by atoms with Crippen molar-refractivity contribution in [1.82, 2.24) is 14.8 Å². The number of hydrogen-bond acceptors (Lipinski definition) is 6. The predicted octanol–water partition coefficient (Wildman–Crippen LogP) is 7.46. The Kier molecular flexibility index (Phi) is 6.95. The molecule has 0 radical (unpaired) electrons. The van der Waals surface area contributed by atoms with Crippen molar-refractivity contribution in [2.75, 3.05) is 5.32 Å². The maximum Gasteiger partial charge on any atom is 0.227 e. The topological polar surface area (TPSA) is 69.0 Å². The van der Waals surface area contributed by atoms with E-state index < -0.39 is 0 Å². The molecule has 198 valence electrons. The maximum atomic E-state index is 13.5. The van der Waals surface area contributed by atoms with Gasteiger partial charge in [0.1, 0.15) is 18.4 Å². The first-order valence-electron chi connectivity index (χ1n) is 13.0. The van der Waals surface area contributed by atoms with Crippen molar-refractivity contribution in [3.05, 3.63) is 112 Å². The van der Waals surface area contributed by atoms with Gasteiger partial charge in [0, 0.05) is 34.0 Å². The highest BCUT2D eigenvalue weighted by Crippen LogP contribution is 2.46. The van der Waals surface area contributed by atoms with E-state index in [2.05, 4.69) is 31.3 Å². The van der Waals surface area contributed by atoms with Crippen molar-refractivity contribution < 1.29 is 9.53 Å². The Labute approximate surface area is 237 Å². The smallest absolute Gasteiger partial charge is 0.227 e. The summed E-state index contributed by atoms with van der Waals surface area (Å²) in [6.45, 7) is 4.65. The summed E-state index contributed by atoms with van der Waals surface area (Å²) in [7, 11) is 0. The second-order valence-electron chi connectivity index (χ2n) is 10.7. The first-order chi connectivity index (χ1) is 18.9. The highest BCUT2D eigenvalue weighted by Gasteiger charge is 2.41. The van der Waals surface area contributed by atoms with Gasteiger partial charge in [-0.05, 0) is 41.2 Å². The number of rotatable bonds is 7. The normalized spacial score (nSPS) is 17.8. The van der Waals surface area contributed by atoms with Crippen LogP contribution in [0.3, 0.4) is 0 Å². The minimum absolute atomic E-state index is 0.114. The van der Waals surface area contributed by atoms with Crippen molar-refractivity contribution in [3.63, 3.8) is 0 Å². The number of carbonyl (C=O) groups is 1. The zero-order valence-electron chi connectivity index (χ0n) is 21.9. The van der Waals surface area contributed by atoms with Crippen LogP contribution in [0.5, 0.6) is 5.75 Å². The van der Waals surface area contributed by atoms with Crippen LogP contribution in [-0.4, -0.2) is 20.5 Å². The van der Waals surface area contributed by atoms with Crippen molar-refractivity contribution in [1.29, 1.82) is 0 Å². The van der Waals surface area contributed by atoms with Crippen molar-refractivity contribution >= 4 is 35.1 Å². The van der Waals surface area contributed by atoms with Gasteiger partial charge in [-0.15, -0.1) is 5.10 Å². The summed E-state index contributed by atoms with van der Waals surface area (Å²) in [5, 5.41) is 9.68. The van der Waals surface area contributed by atoms with E-state index in [9.17, 15) is 4.79 Å². The summed E-state index contributed by atoms with van der Waals surface area (Å²) in [5.41, 5.74) is 4.71.